The number of hydrogen-bond acceptors (Lipinski definition) is 3. The second-order valence-corrected chi connectivity index (χ2v) is 5.06. The van der Waals surface area contributed by atoms with Crippen molar-refractivity contribution in [3.63, 3.8) is 0 Å². The summed E-state index contributed by atoms with van der Waals surface area (Å²) in [6, 6.07) is 0. The summed E-state index contributed by atoms with van der Waals surface area (Å²) in [5, 5.41) is 0.942. The van der Waals surface area contributed by atoms with Gasteiger partial charge in [0.1, 0.15) is 0 Å². The van der Waals surface area contributed by atoms with E-state index in [9.17, 15) is 8.42 Å². The van der Waals surface area contributed by atoms with Crippen LogP contribution in [0.25, 0.3) is 0 Å². The Balaban J connectivity index is 2.94. The fraction of sp³-hybridized carbons (Fsp3) is 0.571. The topological polar surface area (TPSA) is 58.2 Å². The van der Waals surface area contributed by atoms with Gasteiger partial charge in [-0.05, 0) is 6.42 Å². The molecule has 1 atom stereocenters. The molecule has 0 aliphatic rings. The smallest absolute Gasteiger partial charge is 0.280 e. The van der Waals surface area contributed by atoms with Gasteiger partial charge in [0.2, 0.25) is 5.51 Å². The first-order valence-corrected chi connectivity index (χ1v) is 6.39. The molecule has 0 radical (unpaired) electrons. The van der Waals surface area contributed by atoms with Gasteiger partial charge in [0.05, 0.1) is 5.38 Å². The fourth-order valence-corrected chi connectivity index (χ4v) is 2.80. The number of rotatable bonds is 4. The van der Waals surface area contributed by atoms with Crippen molar-refractivity contribution in [1.29, 1.82) is 0 Å². The highest BCUT2D eigenvalue weighted by molar-refractivity contribution is 7.85. The lowest BCUT2D eigenvalue weighted by molar-refractivity contribution is -0.698. The first kappa shape index (κ1) is 10.6. The van der Waals surface area contributed by atoms with Gasteiger partial charge in [-0.3, -0.25) is 4.55 Å². The Hall–Kier alpha value is -0.460. The summed E-state index contributed by atoms with van der Waals surface area (Å²) < 4.78 is 32.4. The van der Waals surface area contributed by atoms with Gasteiger partial charge in [0.25, 0.3) is 5.37 Å². The molecule has 0 aliphatic carbocycles. The molecule has 0 fully saturated rings. The molecule has 0 aromatic carbocycles. The Morgan fingerprint density at radius 3 is 2.69 bits per heavy atom. The molecule has 0 saturated heterocycles. The maximum absolute atomic E-state index is 11.0. The van der Waals surface area contributed by atoms with Crippen LogP contribution in [0.1, 0.15) is 25.1 Å². The zero-order valence-electron chi connectivity index (χ0n) is 7.25. The van der Waals surface area contributed by atoms with E-state index in [1.54, 1.807) is 17.1 Å². The summed E-state index contributed by atoms with van der Waals surface area (Å²) in [5.74, 6) is 0. The first-order valence-electron chi connectivity index (χ1n) is 3.95. The molecule has 13 heavy (non-hydrogen) atoms. The molecule has 1 N–H and O–H groups in total. The summed E-state index contributed by atoms with van der Waals surface area (Å²) in [5.41, 5.74) is 1.67. The van der Waals surface area contributed by atoms with Crippen LogP contribution < -0.4 is 4.57 Å². The molecule has 6 heteroatoms. The highest BCUT2D eigenvalue weighted by atomic mass is 32.2. The molecule has 1 unspecified atom stereocenters. The van der Waals surface area contributed by atoms with Crippen molar-refractivity contribution >= 4 is 21.5 Å². The summed E-state index contributed by atoms with van der Waals surface area (Å²) in [4.78, 5) is 0. The normalized spacial score (nSPS) is 14.3. The minimum atomic E-state index is -3.98. The zero-order valence-corrected chi connectivity index (χ0v) is 8.88. The van der Waals surface area contributed by atoms with E-state index in [0.717, 1.165) is 0 Å². The molecule has 0 bridgehead atoms. The molecular weight excluding hydrogens is 210 g/mol. The van der Waals surface area contributed by atoms with E-state index >= 15 is 0 Å². The van der Waals surface area contributed by atoms with E-state index in [-0.39, 0.29) is 0 Å². The maximum atomic E-state index is 11.0. The van der Waals surface area contributed by atoms with Gasteiger partial charge in [-0.25, -0.2) is 0 Å². The molecule has 0 spiro atoms. The summed E-state index contributed by atoms with van der Waals surface area (Å²) in [7, 11) is -3.98. The Labute approximate surface area is 81.6 Å². The van der Waals surface area contributed by atoms with Crippen molar-refractivity contribution in [3.05, 3.63) is 17.1 Å². The first-order chi connectivity index (χ1) is 6.05. The molecule has 4 nitrogen and oxygen atoms in total. The van der Waals surface area contributed by atoms with E-state index in [2.05, 4.69) is 0 Å². The SMILES string of the molecule is CCCC([n+]1ccsc1)S(=O)(=O)O. The number of thiazole rings is 1. The molecule has 1 rings (SSSR count). The monoisotopic (exact) mass is 222 g/mol. The Bertz CT molecular complexity index is 344. The predicted molar refractivity (Wildman–Crippen MR) is 50.0 cm³/mol. The van der Waals surface area contributed by atoms with Crippen LogP contribution in [0.4, 0.5) is 0 Å². The molecule has 0 aliphatic heterocycles. The minimum absolute atomic E-state index is 0.431. The van der Waals surface area contributed by atoms with Crippen LogP contribution in [-0.4, -0.2) is 13.0 Å². The second-order valence-electron chi connectivity index (χ2n) is 2.73. The second kappa shape index (κ2) is 4.17. The van der Waals surface area contributed by atoms with Crippen molar-refractivity contribution in [1.82, 2.24) is 0 Å². The van der Waals surface area contributed by atoms with Gasteiger partial charge in [-0.1, -0.05) is 18.3 Å². The number of nitrogens with zero attached hydrogens (tertiary/aromatic N) is 1. The van der Waals surface area contributed by atoms with E-state index in [4.69, 9.17) is 4.55 Å². The molecule has 74 valence electrons. The van der Waals surface area contributed by atoms with Crippen LogP contribution >= 0.6 is 11.3 Å². The van der Waals surface area contributed by atoms with Gasteiger partial charge in [-0.15, -0.1) is 0 Å². The number of hydrogen-bond donors (Lipinski definition) is 1. The van der Waals surface area contributed by atoms with Gasteiger partial charge < -0.3 is 0 Å². The minimum Gasteiger partial charge on any atom is -0.280 e. The lowest BCUT2D eigenvalue weighted by atomic mass is 10.3. The zero-order chi connectivity index (χ0) is 9.90. The highest BCUT2D eigenvalue weighted by Gasteiger charge is 2.31. The summed E-state index contributed by atoms with van der Waals surface area (Å²) in [6.45, 7) is 1.88. The van der Waals surface area contributed by atoms with Gasteiger partial charge in [0, 0.05) is 6.42 Å². The van der Waals surface area contributed by atoms with Crippen LogP contribution in [0, 0.1) is 0 Å². The van der Waals surface area contributed by atoms with E-state index in [1.807, 2.05) is 6.92 Å². The Morgan fingerprint density at radius 1 is 1.62 bits per heavy atom. The van der Waals surface area contributed by atoms with Crippen molar-refractivity contribution in [2.24, 2.45) is 0 Å². The molecule has 1 heterocycles. The van der Waals surface area contributed by atoms with Crippen LogP contribution in [0.5, 0.6) is 0 Å². The average Bonchev–Trinajstić information content (AvgIpc) is 2.49. The predicted octanol–water partition coefficient (Wildman–Crippen LogP) is 1.22. The van der Waals surface area contributed by atoms with Gasteiger partial charge in [0.15, 0.2) is 6.20 Å². The fourth-order valence-electron chi connectivity index (χ4n) is 1.11. The standard InChI is InChI=1S/C7H11NO3S2/c1-2-3-7(13(9,10)11)8-4-5-12-6-8/h4-7H,2-3H2,1H3/p+1. The van der Waals surface area contributed by atoms with Gasteiger partial charge in [-0.2, -0.15) is 13.0 Å². The third-order valence-electron chi connectivity index (χ3n) is 1.71. The summed E-state index contributed by atoms with van der Waals surface area (Å²) in [6.07, 6.45) is 2.80. The maximum Gasteiger partial charge on any atom is 0.329 e. The third kappa shape index (κ3) is 2.75. The molecular formula is C7H12NO3S2+. The lowest BCUT2D eigenvalue weighted by Crippen LogP contribution is -2.41. The quantitative estimate of drug-likeness (QED) is 0.615. The molecule has 1 aromatic rings. The largest absolute Gasteiger partial charge is 0.329 e. The number of aromatic nitrogens is 1. The van der Waals surface area contributed by atoms with Crippen LogP contribution in [-0.2, 0) is 10.1 Å². The van der Waals surface area contributed by atoms with Crippen LogP contribution in [0.3, 0.4) is 0 Å². The lowest BCUT2D eigenvalue weighted by Gasteiger charge is -2.04. The van der Waals surface area contributed by atoms with Crippen LogP contribution in [0.2, 0.25) is 0 Å². The van der Waals surface area contributed by atoms with E-state index in [1.165, 1.54) is 15.9 Å². The molecule has 0 amide bonds. The van der Waals surface area contributed by atoms with E-state index in [0.29, 0.717) is 12.8 Å². The Morgan fingerprint density at radius 2 is 2.31 bits per heavy atom. The van der Waals surface area contributed by atoms with Gasteiger partial charge >= 0.3 is 10.1 Å². The van der Waals surface area contributed by atoms with Crippen molar-refractivity contribution < 1.29 is 17.5 Å². The van der Waals surface area contributed by atoms with Crippen molar-refractivity contribution in [2.75, 3.05) is 0 Å². The Kier molecular flexibility index (Phi) is 3.40. The average molecular weight is 222 g/mol. The molecule has 1 aromatic heterocycles. The molecule has 0 saturated carbocycles. The highest BCUT2D eigenvalue weighted by Crippen LogP contribution is 2.13. The van der Waals surface area contributed by atoms with Crippen LogP contribution in [0.15, 0.2) is 17.1 Å². The van der Waals surface area contributed by atoms with E-state index < -0.39 is 15.5 Å². The third-order valence-corrected chi connectivity index (χ3v) is 3.52. The summed E-state index contributed by atoms with van der Waals surface area (Å²) >= 11 is 1.40. The van der Waals surface area contributed by atoms with Crippen molar-refractivity contribution in [3.8, 4) is 0 Å². The van der Waals surface area contributed by atoms with Crippen molar-refractivity contribution in [2.45, 2.75) is 25.1 Å².